The van der Waals surface area contributed by atoms with Gasteiger partial charge in [0.1, 0.15) is 0 Å². The van der Waals surface area contributed by atoms with Crippen molar-refractivity contribution in [3.8, 4) is 11.1 Å². The minimum absolute atomic E-state index is 0.207. The second kappa shape index (κ2) is 7.10. The topological polar surface area (TPSA) is 29.1 Å². The van der Waals surface area contributed by atoms with E-state index in [0.717, 1.165) is 49.9 Å². The average molecular weight is 307 g/mol. The van der Waals surface area contributed by atoms with Crippen LogP contribution in [0.1, 0.15) is 43.0 Å². The van der Waals surface area contributed by atoms with Crippen molar-refractivity contribution in [2.75, 3.05) is 13.1 Å². The van der Waals surface area contributed by atoms with Crippen molar-refractivity contribution in [2.45, 2.75) is 32.6 Å². The summed E-state index contributed by atoms with van der Waals surface area (Å²) in [5.74, 6) is 0.311. The molecule has 23 heavy (non-hydrogen) atoms. The number of carbonyl (C=O) groups is 1. The third kappa shape index (κ3) is 3.37. The van der Waals surface area contributed by atoms with Crippen LogP contribution < -0.4 is 5.32 Å². The quantitative estimate of drug-likeness (QED) is 0.811. The van der Waals surface area contributed by atoms with Gasteiger partial charge in [-0.05, 0) is 36.9 Å². The molecule has 0 spiro atoms. The van der Waals surface area contributed by atoms with E-state index in [-0.39, 0.29) is 5.41 Å². The Morgan fingerprint density at radius 1 is 1.04 bits per heavy atom. The van der Waals surface area contributed by atoms with Gasteiger partial charge in [0, 0.05) is 17.5 Å². The van der Waals surface area contributed by atoms with Gasteiger partial charge in [0.05, 0.1) is 0 Å². The summed E-state index contributed by atoms with van der Waals surface area (Å²) in [4.78, 5) is 13.1. The molecule has 1 fully saturated rings. The van der Waals surface area contributed by atoms with Crippen molar-refractivity contribution in [3.05, 3.63) is 60.2 Å². The molecule has 0 amide bonds. The van der Waals surface area contributed by atoms with Crippen LogP contribution >= 0.6 is 0 Å². The lowest BCUT2D eigenvalue weighted by Crippen LogP contribution is -2.45. The summed E-state index contributed by atoms with van der Waals surface area (Å²) in [6.07, 6.45) is 4.12. The second-order valence-electron chi connectivity index (χ2n) is 6.58. The number of hydrogen-bond donors (Lipinski definition) is 1. The predicted molar refractivity (Wildman–Crippen MR) is 95.7 cm³/mol. The molecule has 2 heteroatoms. The van der Waals surface area contributed by atoms with Crippen molar-refractivity contribution in [2.24, 2.45) is 5.41 Å². The molecular formula is C21H25NO. The van der Waals surface area contributed by atoms with E-state index in [9.17, 15) is 4.79 Å². The van der Waals surface area contributed by atoms with E-state index >= 15 is 0 Å². The smallest absolute Gasteiger partial charge is 0.170 e. The van der Waals surface area contributed by atoms with E-state index in [1.54, 1.807) is 0 Å². The first-order chi connectivity index (χ1) is 11.2. The fourth-order valence-corrected chi connectivity index (χ4v) is 3.72. The van der Waals surface area contributed by atoms with Gasteiger partial charge >= 0.3 is 0 Å². The Labute approximate surface area is 138 Å². The van der Waals surface area contributed by atoms with Crippen molar-refractivity contribution in [1.82, 2.24) is 5.32 Å². The number of Topliss-reactive ketones (excluding diaryl/α,β-unsaturated/α-hetero) is 1. The largest absolute Gasteiger partial charge is 0.316 e. The Morgan fingerprint density at radius 2 is 1.74 bits per heavy atom. The van der Waals surface area contributed by atoms with Gasteiger partial charge in [0.15, 0.2) is 5.78 Å². The molecule has 0 saturated carbocycles. The molecule has 2 nitrogen and oxygen atoms in total. The molecule has 0 bridgehead atoms. The summed E-state index contributed by atoms with van der Waals surface area (Å²) in [6.45, 7) is 4.02. The zero-order valence-corrected chi connectivity index (χ0v) is 13.8. The van der Waals surface area contributed by atoms with Crippen LogP contribution in [0.25, 0.3) is 11.1 Å². The zero-order valence-electron chi connectivity index (χ0n) is 13.8. The molecule has 0 radical (unpaired) electrons. The first-order valence-corrected chi connectivity index (χ1v) is 8.66. The van der Waals surface area contributed by atoms with Gasteiger partial charge in [-0.15, -0.1) is 0 Å². The SMILES string of the molecule is CCCC1(C(=O)c2ccc(-c3ccccc3)cc2)CCCNC1. The van der Waals surface area contributed by atoms with Crippen LogP contribution in [0.15, 0.2) is 54.6 Å². The van der Waals surface area contributed by atoms with Gasteiger partial charge in [-0.2, -0.15) is 0 Å². The number of benzene rings is 2. The zero-order chi connectivity index (χ0) is 16.1. The number of carbonyl (C=O) groups excluding carboxylic acids is 1. The molecule has 1 heterocycles. The highest BCUT2D eigenvalue weighted by Gasteiger charge is 2.38. The Hall–Kier alpha value is -1.93. The van der Waals surface area contributed by atoms with E-state index in [1.807, 2.05) is 30.3 Å². The summed E-state index contributed by atoms with van der Waals surface area (Å²) in [6, 6.07) is 18.4. The molecule has 1 saturated heterocycles. The van der Waals surface area contributed by atoms with Crippen molar-refractivity contribution in [1.29, 1.82) is 0 Å². The maximum Gasteiger partial charge on any atom is 0.170 e. The van der Waals surface area contributed by atoms with Crippen LogP contribution in [0.2, 0.25) is 0 Å². The highest BCUT2D eigenvalue weighted by atomic mass is 16.1. The van der Waals surface area contributed by atoms with Crippen molar-refractivity contribution < 1.29 is 4.79 Å². The highest BCUT2D eigenvalue weighted by Crippen LogP contribution is 2.35. The van der Waals surface area contributed by atoms with Gasteiger partial charge in [-0.25, -0.2) is 0 Å². The summed E-state index contributed by atoms with van der Waals surface area (Å²) >= 11 is 0. The summed E-state index contributed by atoms with van der Waals surface area (Å²) in [5.41, 5.74) is 2.99. The number of piperidine rings is 1. The molecule has 0 aliphatic carbocycles. The molecule has 3 rings (SSSR count). The van der Waals surface area contributed by atoms with E-state index in [1.165, 1.54) is 5.56 Å². The molecule has 2 aromatic carbocycles. The first kappa shape index (κ1) is 15.9. The van der Waals surface area contributed by atoms with Gasteiger partial charge in [0.25, 0.3) is 0 Å². The number of hydrogen-bond acceptors (Lipinski definition) is 2. The third-order valence-electron chi connectivity index (χ3n) is 4.94. The van der Waals surface area contributed by atoms with Gasteiger partial charge in [-0.3, -0.25) is 4.79 Å². The lowest BCUT2D eigenvalue weighted by molar-refractivity contribution is 0.0718. The van der Waals surface area contributed by atoms with Crippen LogP contribution in [0, 0.1) is 5.41 Å². The number of ketones is 1. The Morgan fingerprint density at radius 3 is 2.35 bits per heavy atom. The van der Waals surface area contributed by atoms with Crippen molar-refractivity contribution >= 4 is 5.78 Å². The maximum atomic E-state index is 13.1. The van der Waals surface area contributed by atoms with E-state index < -0.39 is 0 Å². The lowest BCUT2D eigenvalue weighted by atomic mass is 9.71. The molecule has 2 aromatic rings. The second-order valence-corrected chi connectivity index (χ2v) is 6.58. The normalized spacial score (nSPS) is 21.1. The summed E-state index contributed by atoms with van der Waals surface area (Å²) < 4.78 is 0. The van der Waals surface area contributed by atoms with Gasteiger partial charge in [0.2, 0.25) is 0 Å². The van der Waals surface area contributed by atoms with Crippen LogP contribution in [-0.4, -0.2) is 18.9 Å². The number of nitrogens with one attached hydrogen (secondary N) is 1. The molecular weight excluding hydrogens is 282 g/mol. The van der Waals surface area contributed by atoms with Crippen LogP contribution in [0.3, 0.4) is 0 Å². The van der Waals surface area contributed by atoms with E-state index in [4.69, 9.17) is 0 Å². The van der Waals surface area contributed by atoms with Gasteiger partial charge in [-0.1, -0.05) is 67.9 Å². The summed E-state index contributed by atoms with van der Waals surface area (Å²) in [5, 5.41) is 3.43. The molecule has 1 unspecified atom stereocenters. The van der Waals surface area contributed by atoms with Crippen LogP contribution in [0.5, 0.6) is 0 Å². The van der Waals surface area contributed by atoms with E-state index in [0.29, 0.717) is 5.78 Å². The summed E-state index contributed by atoms with van der Waals surface area (Å²) in [7, 11) is 0. The molecule has 1 aliphatic heterocycles. The molecule has 1 atom stereocenters. The molecule has 1 aliphatic rings. The van der Waals surface area contributed by atoms with Crippen LogP contribution in [-0.2, 0) is 0 Å². The fraction of sp³-hybridized carbons (Fsp3) is 0.381. The molecule has 120 valence electrons. The Bertz CT molecular complexity index is 634. The minimum atomic E-state index is -0.207. The van der Waals surface area contributed by atoms with E-state index in [2.05, 4.69) is 36.5 Å². The Balaban J connectivity index is 1.84. The third-order valence-corrected chi connectivity index (χ3v) is 4.94. The fourth-order valence-electron chi connectivity index (χ4n) is 3.72. The predicted octanol–water partition coefficient (Wildman–Crippen LogP) is 4.71. The first-order valence-electron chi connectivity index (χ1n) is 8.66. The number of rotatable bonds is 5. The monoisotopic (exact) mass is 307 g/mol. The maximum absolute atomic E-state index is 13.1. The standard InChI is InChI=1S/C21H25NO/c1-2-13-21(14-6-15-22-16-21)20(23)19-11-9-18(10-12-19)17-7-4-3-5-8-17/h3-5,7-12,22H,2,6,13-16H2,1H3. The molecule has 1 N–H and O–H groups in total. The Kier molecular flexibility index (Phi) is 4.92. The van der Waals surface area contributed by atoms with Gasteiger partial charge < -0.3 is 5.32 Å². The lowest BCUT2D eigenvalue weighted by Gasteiger charge is -2.36. The molecule has 0 aromatic heterocycles. The van der Waals surface area contributed by atoms with Crippen molar-refractivity contribution in [3.63, 3.8) is 0 Å². The van der Waals surface area contributed by atoms with Crippen LogP contribution in [0.4, 0.5) is 0 Å². The average Bonchev–Trinajstić information content (AvgIpc) is 2.63. The highest BCUT2D eigenvalue weighted by molar-refractivity contribution is 6.01. The minimum Gasteiger partial charge on any atom is -0.316 e.